The number of furan rings is 1. The molecular weight excluding hydrogens is 316 g/mol. The SMILES string of the molecule is Cc1ccc(-c2cc(C(=O)N(CCCN)Cc3ccccc3)n[nH]2)o1. The zero-order valence-corrected chi connectivity index (χ0v) is 14.2. The summed E-state index contributed by atoms with van der Waals surface area (Å²) in [5.41, 5.74) is 7.76. The fourth-order valence-electron chi connectivity index (χ4n) is 2.64. The molecule has 25 heavy (non-hydrogen) atoms. The third-order valence-corrected chi connectivity index (χ3v) is 3.94. The molecule has 130 valence electrons. The smallest absolute Gasteiger partial charge is 0.274 e. The standard InChI is InChI=1S/C19H22N4O2/c1-14-8-9-18(25-14)16-12-17(22-21-16)19(24)23(11-5-10-20)13-15-6-3-2-4-7-15/h2-4,6-9,12H,5,10-11,13,20H2,1H3,(H,21,22). The van der Waals surface area contributed by atoms with Crippen molar-refractivity contribution in [2.45, 2.75) is 19.9 Å². The van der Waals surface area contributed by atoms with E-state index in [1.54, 1.807) is 11.0 Å². The molecule has 1 amide bonds. The van der Waals surface area contributed by atoms with Crippen LogP contribution < -0.4 is 5.73 Å². The van der Waals surface area contributed by atoms with Crippen molar-refractivity contribution < 1.29 is 9.21 Å². The number of aryl methyl sites for hydroxylation is 1. The Morgan fingerprint density at radius 1 is 1.24 bits per heavy atom. The maximum Gasteiger partial charge on any atom is 0.274 e. The molecule has 3 N–H and O–H groups in total. The van der Waals surface area contributed by atoms with Crippen LogP contribution in [0, 0.1) is 6.92 Å². The van der Waals surface area contributed by atoms with Gasteiger partial charge < -0.3 is 15.1 Å². The Bertz CT molecular complexity index is 823. The van der Waals surface area contributed by atoms with Crippen LogP contribution in [-0.2, 0) is 6.54 Å². The molecular formula is C19H22N4O2. The first-order chi connectivity index (χ1) is 12.2. The van der Waals surface area contributed by atoms with Gasteiger partial charge >= 0.3 is 0 Å². The number of amides is 1. The highest BCUT2D eigenvalue weighted by Crippen LogP contribution is 2.21. The van der Waals surface area contributed by atoms with Gasteiger partial charge in [0.1, 0.15) is 11.5 Å². The molecule has 0 radical (unpaired) electrons. The van der Waals surface area contributed by atoms with E-state index in [4.69, 9.17) is 10.2 Å². The highest BCUT2D eigenvalue weighted by Gasteiger charge is 2.20. The molecule has 0 fully saturated rings. The van der Waals surface area contributed by atoms with Gasteiger partial charge in [0.25, 0.3) is 5.91 Å². The molecule has 3 aromatic rings. The number of nitrogens with zero attached hydrogens (tertiary/aromatic N) is 2. The minimum atomic E-state index is -0.122. The number of benzene rings is 1. The fourth-order valence-corrected chi connectivity index (χ4v) is 2.64. The van der Waals surface area contributed by atoms with E-state index in [9.17, 15) is 4.79 Å². The number of hydrogen-bond acceptors (Lipinski definition) is 4. The van der Waals surface area contributed by atoms with Gasteiger partial charge in [0.05, 0.1) is 0 Å². The van der Waals surface area contributed by atoms with Crippen LogP contribution in [0.5, 0.6) is 0 Å². The summed E-state index contributed by atoms with van der Waals surface area (Å²) in [6.45, 7) is 3.53. The average Bonchev–Trinajstić information content (AvgIpc) is 3.28. The zero-order valence-electron chi connectivity index (χ0n) is 14.2. The summed E-state index contributed by atoms with van der Waals surface area (Å²) in [6.07, 6.45) is 0.743. The number of H-pyrrole nitrogens is 1. The molecule has 0 atom stereocenters. The van der Waals surface area contributed by atoms with Crippen molar-refractivity contribution in [2.75, 3.05) is 13.1 Å². The first-order valence-corrected chi connectivity index (χ1v) is 8.33. The Morgan fingerprint density at radius 2 is 2.04 bits per heavy atom. The molecule has 1 aromatic carbocycles. The lowest BCUT2D eigenvalue weighted by atomic mass is 10.2. The summed E-state index contributed by atoms with van der Waals surface area (Å²) in [7, 11) is 0. The molecule has 3 rings (SSSR count). The lowest BCUT2D eigenvalue weighted by Gasteiger charge is -2.21. The van der Waals surface area contributed by atoms with Crippen molar-refractivity contribution in [3.05, 3.63) is 65.5 Å². The van der Waals surface area contributed by atoms with Crippen molar-refractivity contribution in [2.24, 2.45) is 5.73 Å². The van der Waals surface area contributed by atoms with Gasteiger partial charge in [-0.2, -0.15) is 5.10 Å². The van der Waals surface area contributed by atoms with E-state index in [1.165, 1.54) is 0 Å². The lowest BCUT2D eigenvalue weighted by molar-refractivity contribution is 0.0736. The predicted octanol–water partition coefficient (Wildman–Crippen LogP) is 2.97. The van der Waals surface area contributed by atoms with Gasteiger partial charge in [-0.3, -0.25) is 9.89 Å². The number of aromatic amines is 1. The molecule has 0 unspecified atom stereocenters. The second-order valence-electron chi connectivity index (χ2n) is 5.93. The Labute approximate surface area is 146 Å². The second kappa shape index (κ2) is 7.81. The summed E-state index contributed by atoms with van der Waals surface area (Å²) < 4.78 is 5.57. The number of nitrogens with two attached hydrogens (primary N) is 1. The third kappa shape index (κ3) is 4.16. The monoisotopic (exact) mass is 338 g/mol. The topological polar surface area (TPSA) is 88.1 Å². The number of hydrogen-bond donors (Lipinski definition) is 2. The van der Waals surface area contributed by atoms with Crippen molar-refractivity contribution in [3.63, 3.8) is 0 Å². The molecule has 0 aliphatic carbocycles. The van der Waals surface area contributed by atoms with Crippen molar-refractivity contribution in [1.29, 1.82) is 0 Å². The first kappa shape index (κ1) is 17.0. The summed E-state index contributed by atoms with van der Waals surface area (Å²) in [5.74, 6) is 1.36. The van der Waals surface area contributed by atoms with Crippen molar-refractivity contribution >= 4 is 5.91 Å². The molecule has 0 aliphatic heterocycles. The number of rotatable bonds is 7. The molecule has 6 nitrogen and oxygen atoms in total. The van der Waals surface area contributed by atoms with E-state index in [1.807, 2.05) is 49.4 Å². The van der Waals surface area contributed by atoms with Gasteiger partial charge in [-0.1, -0.05) is 30.3 Å². The second-order valence-corrected chi connectivity index (χ2v) is 5.93. The Hall–Kier alpha value is -2.86. The zero-order chi connectivity index (χ0) is 17.6. The highest BCUT2D eigenvalue weighted by molar-refractivity contribution is 5.93. The molecule has 0 saturated heterocycles. The molecule has 0 spiro atoms. The van der Waals surface area contributed by atoms with E-state index < -0.39 is 0 Å². The van der Waals surface area contributed by atoms with E-state index >= 15 is 0 Å². The van der Waals surface area contributed by atoms with Crippen LogP contribution in [-0.4, -0.2) is 34.1 Å². The molecule has 0 bridgehead atoms. The van der Waals surface area contributed by atoms with Crippen molar-refractivity contribution in [3.8, 4) is 11.5 Å². The van der Waals surface area contributed by atoms with E-state index in [0.717, 1.165) is 17.7 Å². The predicted molar refractivity (Wildman–Crippen MR) is 95.9 cm³/mol. The minimum absolute atomic E-state index is 0.122. The maximum absolute atomic E-state index is 12.9. The van der Waals surface area contributed by atoms with Crippen LogP contribution >= 0.6 is 0 Å². The van der Waals surface area contributed by atoms with E-state index in [2.05, 4.69) is 10.2 Å². The number of nitrogens with one attached hydrogen (secondary N) is 1. The van der Waals surface area contributed by atoms with Crippen LogP contribution in [0.15, 0.2) is 52.9 Å². The normalized spacial score (nSPS) is 10.8. The number of carbonyl (C=O) groups is 1. The number of aromatic nitrogens is 2. The van der Waals surface area contributed by atoms with Crippen LogP contribution in [0.1, 0.15) is 28.2 Å². The first-order valence-electron chi connectivity index (χ1n) is 8.33. The maximum atomic E-state index is 12.9. The van der Waals surface area contributed by atoms with Gasteiger partial charge in [-0.05, 0) is 37.6 Å². The number of carbonyl (C=O) groups excluding carboxylic acids is 1. The van der Waals surface area contributed by atoms with Gasteiger partial charge in [0, 0.05) is 19.2 Å². The molecule has 0 saturated carbocycles. The van der Waals surface area contributed by atoms with Crippen molar-refractivity contribution in [1.82, 2.24) is 15.1 Å². The Kier molecular flexibility index (Phi) is 5.30. The van der Waals surface area contributed by atoms with E-state index in [-0.39, 0.29) is 5.91 Å². The average molecular weight is 338 g/mol. The summed E-state index contributed by atoms with van der Waals surface area (Å²) in [4.78, 5) is 14.7. The molecule has 2 heterocycles. The van der Waals surface area contributed by atoms with Gasteiger partial charge in [-0.15, -0.1) is 0 Å². The third-order valence-electron chi connectivity index (χ3n) is 3.94. The molecule has 0 aliphatic rings. The lowest BCUT2D eigenvalue weighted by Crippen LogP contribution is -2.32. The summed E-state index contributed by atoms with van der Waals surface area (Å²) in [6, 6.07) is 15.4. The Morgan fingerprint density at radius 3 is 2.72 bits per heavy atom. The minimum Gasteiger partial charge on any atom is -0.460 e. The largest absolute Gasteiger partial charge is 0.460 e. The Balaban J connectivity index is 1.78. The van der Waals surface area contributed by atoms with Gasteiger partial charge in [-0.25, -0.2) is 0 Å². The summed E-state index contributed by atoms with van der Waals surface area (Å²) in [5, 5.41) is 7.04. The highest BCUT2D eigenvalue weighted by atomic mass is 16.3. The van der Waals surface area contributed by atoms with Crippen LogP contribution in [0.4, 0.5) is 0 Å². The molecule has 2 aromatic heterocycles. The van der Waals surface area contributed by atoms with E-state index in [0.29, 0.717) is 36.8 Å². The quantitative estimate of drug-likeness (QED) is 0.693. The van der Waals surface area contributed by atoms with Crippen LogP contribution in [0.25, 0.3) is 11.5 Å². The summed E-state index contributed by atoms with van der Waals surface area (Å²) >= 11 is 0. The molecule has 6 heteroatoms. The fraction of sp³-hybridized carbons (Fsp3) is 0.263. The van der Waals surface area contributed by atoms with Crippen LogP contribution in [0.3, 0.4) is 0 Å². The van der Waals surface area contributed by atoms with Gasteiger partial charge in [0.2, 0.25) is 0 Å². The van der Waals surface area contributed by atoms with Crippen LogP contribution in [0.2, 0.25) is 0 Å². The van der Waals surface area contributed by atoms with Gasteiger partial charge in [0.15, 0.2) is 11.5 Å².